The van der Waals surface area contributed by atoms with E-state index in [0.29, 0.717) is 11.3 Å². The van der Waals surface area contributed by atoms with Crippen molar-refractivity contribution < 1.29 is 19.1 Å². The Labute approximate surface area is 125 Å². The fourth-order valence-electron chi connectivity index (χ4n) is 2.77. The first-order valence-electron chi connectivity index (χ1n) is 6.76. The van der Waals surface area contributed by atoms with Crippen LogP contribution in [0.2, 0.25) is 0 Å². The zero-order chi connectivity index (χ0) is 15.9. The van der Waals surface area contributed by atoms with Crippen LogP contribution in [0.25, 0.3) is 5.69 Å². The lowest BCUT2D eigenvalue weighted by molar-refractivity contribution is -0.142. The van der Waals surface area contributed by atoms with Crippen molar-refractivity contribution in [1.82, 2.24) is 14.7 Å². The van der Waals surface area contributed by atoms with Gasteiger partial charge in [-0.3, -0.25) is 9.59 Å². The fraction of sp³-hybridized carbons (Fsp3) is 0.267. The van der Waals surface area contributed by atoms with Gasteiger partial charge in [-0.15, -0.1) is 0 Å². The Bertz CT molecular complexity index is 726. The van der Waals surface area contributed by atoms with E-state index < -0.39 is 17.9 Å². The number of aromatic nitrogens is 2. The highest BCUT2D eigenvalue weighted by atomic mass is 19.1. The Kier molecular flexibility index (Phi) is 3.40. The average molecular weight is 303 g/mol. The number of nitrogens with zero attached hydrogens (tertiary/aromatic N) is 3. The summed E-state index contributed by atoms with van der Waals surface area (Å²) in [6.07, 6.45) is 3.19. The molecule has 0 radical (unpaired) electrons. The summed E-state index contributed by atoms with van der Waals surface area (Å²) < 4.78 is 14.5. The van der Waals surface area contributed by atoms with Crippen LogP contribution >= 0.6 is 0 Å². The Balaban J connectivity index is 1.94. The molecule has 2 atom stereocenters. The Morgan fingerprint density at radius 2 is 2.05 bits per heavy atom. The van der Waals surface area contributed by atoms with E-state index in [1.807, 2.05) is 0 Å². The summed E-state index contributed by atoms with van der Waals surface area (Å²) in [5.41, 5.74) is 1.30. The van der Waals surface area contributed by atoms with Gasteiger partial charge in [-0.2, -0.15) is 5.10 Å². The number of carbonyl (C=O) groups is 2. The van der Waals surface area contributed by atoms with E-state index in [9.17, 15) is 19.1 Å². The van der Waals surface area contributed by atoms with Crippen LogP contribution in [0.3, 0.4) is 0 Å². The van der Waals surface area contributed by atoms with Gasteiger partial charge in [0.15, 0.2) is 0 Å². The molecule has 114 valence electrons. The van der Waals surface area contributed by atoms with Crippen LogP contribution < -0.4 is 0 Å². The number of carboxylic acids is 1. The van der Waals surface area contributed by atoms with E-state index in [4.69, 9.17) is 0 Å². The molecule has 6 nitrogen and oxygen atoms in total. The third kappa shape index (κ3) is 2.34. The van der Waals surface area contributed by atoms with E-state index in [-0.39, 0.29) is 18.1 Å². The van der Waals surface area contributed by atoms with Crippen molar-refractivity contribution in [2.75, 3.05) is 7.05 Å². The lowest BCUT2D eigenvalue weighted by atomic mass is 9.96. The van der Waals surface area contributed by atoms with E-state index >= 15 is 0 Å². The van der Waals surface area contributed by atoms with Gasteiger partial charge in [0.1, 0.15) is 5.82 Å². The quantitative estimate of drug-likeness (QED) is 0.935. The Morgan fingerprint density at radius 1 is 1.36 bits per heavy atom. The number of aliphatic carboxylic acids is 1. The largest absolute Gasteiger partial charge is 0.481 e. The molecule has 1 aliphatic rings. The zero-order valence-electron chi connectivity index (χ0n) is 11.8. The number of carbonyl (C=O) groups excluding carboxylic acids is 1. The van der Waals surface area contributed by atoms with E-state index in [0.717, 1.165) is 0 Å². The first kappa shape index (κ1) is 14.2. The second-order valence-corrected chi connectivity index (χ2v) is 5.29. The maximum atomic E-state index is 12.9. The lowest BCUT2D eigenvalue weighted by Crippen LogP contribution is -2.26. The molecule has 0 aliphatic carbocycles. The molecule has 2 aromatic rings. The number of hydrogen-bond acceptors (Lipinski definition) is 3. The molecule has 0 spiro atoms. The number of hydrogen-bond donors (Lipinski definition) is 1. The summed E-state index contributed by atoms with van der Waals surface area (Å²) in [6, 6.07) is 5.25. The van der Waals surface area contributed by atoms with Crippen molar-refractivity contribution in [3.8, 4) is 5.69 Å². The monoisotopic (exact) mass is 303 g/mol. The van der Waals surface area contributed by atoms with Crippen LogP contribution in [-0.2, 0) is 9.59 Å². The number of amides is 1. The minimum atomic E-state index is -1.00. The Morgan fingerprint density at radius 3 is 2.68 bits per heavy atom. The third-order valence-corrected chi connectivity index (χ3v) is 3.94. The molecule has 3 rings (SSSR count). The van der Waals surface area contributed by atoms with Crippen LogP contribution in [0.4, 0.5) is 4.39 Å². The van der Waals surface area contributed by atoms with Gasteiger partial charge in [-0.25, -0.2) is 9.07 Å². The fourth-order valence-corrected chi connectivity index (χ4v) is 2.77. The molecular formula is C15H14FN3O3. The summed E-state index contributed by atoms with van der Waals surface area (Å²) in [7, 11) is 1.59. The highest BCUT2D eigenvalue weighted by Gasteiger charge is 2.43. The van der Waals surface area contributed by atoms with Crippen LogP contribution in [0, 0.1) is 11.7 Å². The molecule has 1 aromatic carbocycles. The number of halogens is 1. The smallest absolute Gasteiger partial charge is 0.309 e. The Hall–Kier alpha value is -2.70. The molecule has 0 bridgehead atoms. The maximum absolute atomic E-state index is 12.9. The van der Waals surface area contributed by atoms with Gasteiger partial charge in [-0.1, -0.05) is 0 Å². The predicted molar refractivity (Wildman–Crippen MR) is 74.8 cm³/mol. The van der Waals surface area contributed by atoms with Crippen LogP contribution in [-0.4, -0.2) is 38.7 Å². The van der Waals surface area contributed by atoms with Gasteiger partial charge < -0.3 is 10.0 Å². The number of benzene rings is 1. The summed E-state index contributed by atoms with van der Waals surface area (Å²) in [4.78, 5) is 24.6. The van der Waals surface area contributed by atoms with Crippen molar-refractivity contribution in [3.63, 3.8) is 0 Å². The molecule has 1 N–H and O–H groups in total. The van der Waals surface area contributed by atoms with Gasteiger partial charge in [-0.05, 0) is 24.3 Å². The van der Waals surface area contributed by atoms with Gasteiger partial charge >= 0.3 is 5.97 Å². The maximum Gasteiger partial charge on any atom is 0.309 e. The van der Waals surface area contributed by atoms with E-state index in [1.54, 1.807) is 31.6 Å². The molecule has 1 aromatic heterocycles. The molecule has 1 saturated heterocycles. The van der Waals surface area contributed by atoms with Gasteiger partial charge in [0.2, 0.25) is 5.91 Å². The highest BCUT2D eigenvalue weighted by Crippen LogP contribution is 2.37. The highest BCUT2D eigenvalue weighted by molar-refractivity contribution is 5.87. The SMILES string of the molecule is CN1C(=O)CC(C(=O)O)C1c1cnn(-c2ccc(F)cc2)c1. The summed E-state index contributed by atoms with van der Waals surface area (Å²) in [6.45, 7) is 0. The van der Waals surface area contributed by atoms with Crippen LogP contribution in [0.15, 0.2) is 36.7 Å². The predicted octanol–water partition coefficient (Wildman–Crippen LogP) is 1.62. The normalized spacial score (nSPS) is 21.4. The molecule has 1 fully saturated rings. The second kappa shape index (κ2) is 5.25. The van der Waals surface area contributed by atoms with Crippen molar-refractivity contribution >= 4 is 11.9 Å². The first-order chi connectivity index (χ1) is 10.5. The molecule has 7 heteroatoms. The first-order valence-corrected chi connectivity index (χ1v) is 6.76. The standard InChI is InChI=1S/C15H14FN3O3/c1-18-13(20)6-12(15(21)22)14(18)9-7-17-19(8-9)11-4-2-10(16)3-5-11/h2-5,7-8,12,14H,6H2,1H3,(H,21,22). The topological polar surface area (TPSA) is 75.4 Å². The average Bonchev–Trinajstić information content (AvgIpc) is 3.06. The lowest BCUT2D eigenvalue weighted by Gasteiger charge is -2.21. The zero-order valence-corrected chi connectivity index (χ0v) is 11.8. The van der Waals surface area contributed by atoms with Crippen molar-refractivity contribution in [2.24, 2.45) is 5.92 Å². The van der Waals surface area contributed by atoms with Crippen molar-refractivity contribution in [2.45, 2.75) is 12.5 Å². The van der Waals surface area contributed by atoms with Gasteiger partial charge in [0.25, 0.3) is 0 Å². The molecule has 2 unspecified atom stereocenters. The minimum Gasteiger partial charge on any atom is -0.481 e. The van der Waals surface area contributed by atoms with Crippen molar-refractivity contribution in [1.29, 1.82) is 0 Å². The molecule has 1 amide bonds. The summed E-state index contributed by atoms with van der Waals surface area (Å²) >= 11 is 0. The second-order valence-electron chi connectivity index (χ2n) is 5.29. The molecule has 1 aliphatic heterocycles. The van der Waals surface area contributed by atoms with Gasteiger partial charge in [0, 0.05) is 25.2 Å². The third-order valence-electron chi connectivity index (χ3n) is 3.94. The van der Waals surface area contributed by atoms with Crippen LogP contribution in [0.1, 0.15) is 18.0 Å². The molecule has 22 heavy (non-hydrogen) atoms. The number of carboxylic acid groups (broad SMARTS) is 1. The van der Waals surface area contributed by atoms with Crippen LogP contribution in [0.5, 0.6) is 0 Å². The number of rotatable bonds is 3. The van der Waals surface area contributed by atoms with E-state index in [2.05, 4.69) is 5.10 Å². The van der Waals surface area contributed by atoms with Gasteiger partial charge in [0.05, 0.1) is 23.8 Å². The van der Waals surface area contributed by atoms with Crippen molar-refractivity contribution in [3.05, 3.63) is 48.0 Å². The minimum absolute atomic E-state index is 0.0156. The molecule has 0 saturated carbocycles. The van der Waals surface area contributed by atoms with E-state index in [1.165, 1.54) is 21.7 Å². The summed E-state index contributed by atoms with van der Waals surface area (Å²) in [5, 5.41) is 13.5. The molecule has 2 heterocycles. The molecular weight excluding hydrogens is 289 g/mol. The summed E-state index contributed by atoms with van der Waals surface area (Å²) in [5.74, 6) is -2.34. The number of likely N-dealkylation sites (tertiary alicyclic amines) is 1.